The molecular formula is C4H2BrClO. The van der Waals surface area contributed by atoms with Crippen molar-refractivity contribution in [1.82, 2.24) is 0 Å². The van der Waals surface area contributed by atoms with E-state index in [0.717, 1.165) is 4.47 Å². The molecule has 7 heavy (non-hydrogen) atoms. The Labute approximate surface area is 54.4 Å². The molecule has 38 valence electrons. The summed E-state index contributed by atoms with van der Waals surface area (Å²) in [5.41, 5.74) is 0. The van der Waals surface area contributed by atoms with E-state index in [0.29, 0.717) is 5.22 Å². The summed E-state index contributed by atoms with van der Waals surface area (Å²) in [7, 11) is 0. The molecule has 0 bridgehead atoms. The van der Waals surface area contributed by atoms with Gasteiger partial charge < -0.3 is 4.42 Å². The standard InChI is InChI=1S/C4H2BrClO/c5-3-1-2-7-4(3)6/h1-2H. The monoisotopic (exact) mass is 180 g/mol. The van der Waals surface area contributed by atoms with Crippen LogP contribution < -0.4 is 0 Å². The Balaban J connectivity index is 3.12. The van der Waals surface area contributed by atoms with Crippen LogP contribution in [0.2, 0.25) is 5.22 Å². The molecule has 0 aliphatic rings. The van der Waals surface area contributed by atoms with Crippen LogP contribution in [-0.4, -0.2) is 0 Å². The molecule has 1 heterocycles. The molecule has 1 aromatic rings. The third-order valence-electron chi connectivity index (χ3n) is 0.574. The zero-order valence-corrected chi connectivity index (χ0v) is 5.66. The predicted octanol–water partition coefficient (Wildman–Crippen LogP) is 2.70. The smallest absolute Gasteiger partial charge is 0.207 e. The summed E-state index contributed by atoms with van der Waals surface area (Å²) in [6.45, 7) is 0. The molecule has 0 amide bonds. The van der Waals surface area contributed by atoms with Gasteiger partial charge in [-0.15, -0.1) is 0 Å². The topological polar surface area (TPSA) is 13.1 Å². The highest BCUT2D eigenvalue weighted by molar-refractivity contribution is 9.10. The van der Waals surface area contributed by atoms with Gasteiger partial charge >= 0.3 is 0 Å². The van der Waals surface area contributed by atoms with Crippen molar-refractivity contribution in [3.8, 4) is 0 Å². The minimum absolute atomic E-state index is 0.403. The fourth-order valence-corrected chi connectivity index (χ4v) is 0.591. The van der Waals surface area contributed by atoms with Crippen molar-refractivity contribution in [3.05, 3.63) is 22.0 Å². The number of hydrogen-bond donors (Lipinski definition) is 0. The Bertz CT molecular complexity index is 144. The quantitative estimate of drug-likeness (QED) is 0.600. The highest BCUT2D eigenvalue weighted by Gasteiger charge is 1.94. The molecule has 0 unspecified atom stereocenters. The maximum Gasteiger partial charge on any atom is 0.207 e. The van der Waals surface area contributed by atoms with Gasteiger partial charge in [0.1, 0.15) is 0 Å². The van der Waals surface area contributed by atoms with E-state index in [-0.39, 0.29) is 0 Å². The van der Waals surface area contributed by atoms with Gasteiger partial charge in [-0.25, -0.2) is 0 Å². The lowest BCUT2D eigenvalue weighted by Gasteiger charge is -1.73. The largest absolute Gasteiger partial charge is 0.452 e. The number of halogens is 2. The van der Waals surface area contributed by atoms with Crippen LogP contribution in [0.25, 0.3) is 0 Å². The van der Waals surface area contributed by atoms with Gasteiger partial charge in [0.15, 0.2) is 0 Å². The summed E-state index contributed by atoms with van der Waals surface area (Å²) >= 11 is 8.55. The summed E-state index contributed by atoms with van der Waals surface area (Å²) in [6.07, 6.45) is 1.52. The molecular weight excluding hydrogens is 179 g/mol. The van der Waals surface area contributed by atoms with Gasteiger partial charge in [0.05, 0.1) is 10.7 Å². The van der Waals surface area contributed by atoms with Gasteiger partial charge in [0.25, 0.3) is 0 Å². The lowest BCUT2D eigenvalue weighted by atomic mass is 10.7. The zero-order valence-electron chi connectivity index (χ0n) is 3.32. The molecule has 0 spiro atoms. The minimum atomic E-state index is 0.403. The second-order valence-electron chi connectivity index (χ2n) is 1.04. The first kappa shape index (κ1) is 5.19. The molecule has 1 nitrogen and oxygen atoms in total. The van der Waals surface area contributed by atoms with Crippen LogP contribution in [0.5, 0.6) is 0 Å². The van der Waals surface area contributed by atoms with Gasteiger partial charge in [-0.2, -0.15) is 0 Å². The number of furan rings is 1. The van der Waals surface area contributed by atoms with Crippen molar-refractivity contribution in [3.63, 3.8) is 0 Å². The van der Waals surface area contributed by atoms with Gasteiger partial charge in [-0.1, -0.05) is 0 Å². The van der Waals surface area contributed by atoms with Crippen molar-refractivity contribution in [1.29, 1.82) is 0 Å². The van der Waals surface area contributed by atoms with Crippen molar-refractivity contribution >= 4 is 27.5 Å². The van der Waals surface area contributed by atoms with E-state index >= 15 is 0 Å². The molecule has 1 rings (SSSR count). The normalized spacial score (nSPS) is 9.43. The summed E-state index contributed by atoms with van der Waals surface area (Å²) in [5.74, 6) is 0. The van der Waals surface area contributed by atoms with Crippen LogP contribution >= 0.6 is 27.5 Å². The van der Waals surface area contributed by atoms with Gasteiger partial charge in [0.2, 0.25) is 5.22 Å². The molecule has 0 radical (unpaired) electrons. The van der Waals surface area contributed by atoms with Crippen LogP contribution in [0.1, 0.15) is 0 Å². The first-order valence-corrected chi connectivity index (χ1v) is 2.86. The average Bonchev–Trinajstić information content (AvgIpc) is 1.91. The fraction of sp³-hybridized carbons (Fsp3) is 0. The summed E-state index contributed by atoms with van der Waals surface area (Å²) < 4.78 is 5.48. The lowest BCUT2D eigenvalue weighted by molar-refractivity contribution is 0.568. The van der Waals surface area contributed by atoms with Crippen LogP contribution in [-0.2, 0) is 0 Å². The Hall–Kier alpha value is 0.0500. The third-order valence-corrected chi connectivity index (χ3v) is 1.72. The molecule has 3 heteroatoms. The van der Waals surface area contributed by atoms with Crippen molar-refractivity contribution in [2.24, 2.45) is 0 Å². The molecule has 0 fully saturated rings. The lowest BCUT2D eigenvalue weighted by Crippen LogP contribution is -1.46. The maximum atomic E-state index is 5.41. The second-order valence-corrected chi connectivity index (χ2v) is 2.24. The van der Waals surface area contributed by atoms with Gasteiger partial charge in [-0.05, 0) is 33.6 Å². The Morgan fingerprint density at radius 3 is 2.57 bits per heavy atom. The van der Waals surface area contributed by atoms with E-state index in [2.05, 4.69) is 20.3 Å². The molecule has 0 aliphatic carbocycles. The van der Waals surface area contributed by atoms with E-state index < -0.39 is 0 Å². The van der Waals surface area contributed by atoms with Gasteiger partial charge in [0, 0.05) is 0 Å². The maximum absolute atomic E-state index is 5.41. The molecule has 0 saturated heterocycles. The van der Waals surface area contributed by atoms with E-state index in [1.165, 1.54) is 6.26 Å². The van der Waals surface area contributed by atoms with Crippen molar-refractivity contribution < 1.29 is 4.42 Å². The first-order chi connectivity index (χ1) is 3.30. The predicted molar refractivity (Wildman–Crippen MR) is 31.4 cm³/mol. The molecule has 0 atom stereocenters. The van der Waals surface area contributed by atoms with E-state index in [9.17, 15) is 0 Å². The number of rotatable bonds is 0. The summed E-state index contributed by atoms with van der Waals surface area (Å²) in [5, 5.41) is 0.403. The third kappa shape index (κ3) is 0.983. The molecule has 0 aliphatic heterocycles. The Kier molecular flexibility index (Phi) is 1.40. The van der Waals surface area contributed by atoms with Crippen molar-refractivity contribution in [2.45, 2.75) is 0 Å². The summed E-state index contributed by atoms with van der Waals surface area (Å²) in [6, 6.07) is 1.74. The first-order valence-electron chi connectivity index (χ1n) is 1.69. The van der Waals surface area contributed by atoms with Crippen LogP contribution in [0.3, 0.4) is 0 Å². The van der Waals surface area contributed by atoms with E-state index in [1.807, 2.05) is 0 Å². The Morgan fingerprint density at radius 2 is 2.43 bits per heavy atom. The second kappa shape index (κ2) is 1.88. The van der Waals surface area contributed by atoms with Crippen molar-refractivity contribution in [2.75, 3.05) is 0 Å². The number of hydrogen-bond acceptors (Lipinski definition) is 1. The fourth-order valence-electron chi connectivity index (χ4n) is 0.275. The van der Waals surface area contributed by atoms with Gasteiger partial charge in [-0.3, -0.25) is 0 Å². The highest BCUT2D eigenvalue weighted by atomic mass is 79.9. The van der Waals surface area contributed by atoms with Crippen LogP contribution in [0.15, 0.2) is 21.2 Å². The summed E-state index contributed by atoms with van der Waals surface area (Å²) in [4.78, 5) is 0. The molecule has 0 saturated carbocycles. The molecule has 0 aromatic carbocycles. The van der Waals surface area contributed by atoms with Crippen LogP contribution in [0.4, 0.5) is 0 Å². The van der Waals surface area contributed by atoms with E-state index in [1.54, 1.807) is 6.07 Å². The molecule has 0 N–H and O–H groups in total. The van der Waals surface area contributed by atoms with Crippen LogP contribution in [0, 0.1) is 0 Å². The minimum Gasteiger partial charge on any atom is -0.452 e. The molecule has 1 aromatic heterocycles. The Morgan fingerprint density at radius 1 is 1.71 bits per heavy atom. The highest BCUT2D eigenvalue weighted by Crippen LogP contribution is 2.21. The SMILES string of the molecule is Clc1occc1Br. The van der Waals surface area contributed by atoms with E-state index in [4.69, 9.17) is 11.6 Å². The zero-order chi connectivity index (χ0) is 5.28. The average molecular weight is 181 g/mol.